The third kappa shape index (κ3) is 6.10. The van der Waals surface area contributed by atoms with Gasteiger partial charge in [0.1, 0.15) is 5.82 Å². The van der Waals surface area contributed by atoms with Gasteiger partial charge in [0.2, 0.25) is 0 Å². The van der Waals surface area contributed by atoms with Crippen LogP contribution in [0.5, 0.6) is 0 Å². The lowest BCUT2D eigenvalue weighted by molar-refractivity contribution is 0.158. The Labute approximate surface area is 109 Å². The summed E-state index contributed by atoms with van der Waals surface area (Å²) in [7, 11) is 0. The van der Waals surface area contributed by atoms with Gasteiger partial charge in [0, 0.05) is 0 Å². The van der Waals surface area contributed by atoms with Gasteiger partial charge in [0.05, 0.1) is 18.0 Å². The molecule has 1 rings (SSSR count). The van der Waals surface area contributed by atoms with Crippen molar-refractivity contribution in [1.29, 1.82) is 0 Å². The van der Waals surface area contributed by atoms with Gasteiger partial charge in [-0.05, 0) is 18.6 Å². The minimum absolute atomic E-state index is 0.359. The van der Waals surface area contributed by atoms with Gasteiger partial charge < -0.3 is 5.11 Å². The number of hydrogen-bond acceptors (Lipinski definition) is 2. The highest BCUT2D eigenvalue weighted by molar-refractivity contribution is 5.07. The van der Waals surface area contributed by atoms with Crippen LogP contribution >= 0.6 is 0 Å². The Hall–Kier alpha value is -0.960. The molecule has 1 heterocycles. The van der Waals surface area contributed by atoms with Crippen molar-refractivity contribution in [3.63, 3.8) is 0 Å². The second-order valence-electron chi connectivity index (χ2n) is 4.83. The molecule has 0 fully saturated rings. The highest BCUT2D eigenvalue weighted by atomic mass is 19.1. The SMILES string of the molecule is CCCCCCCCCC(O)c1ccc(F)cn1. The average Bonchev–Trinajstić information content (AvgIpc) is 2.38. The minimum Gasteiger partial charge on any atom is -0.387 e. The van der Waals surface area contributed by atoms with Gasteiger partial charge in [-0.3, -0.25) is 4.98 Å². The van der Waals surface area contributed by atoms with Gasteiger partial charge in [-0.2, -0.15) is 0 Å². The molecule has 0 aromatic carbocycles. The van der Waals surface area contributed by atoms with Crippen LogP contribution in [0.3, 0.4) is 0 Å². The smallest absolute Gasteiger partial charge is 0.141 e. The maximum atomic E-state index is 12.7. The van der Waals surface area contributed by atoms with E-state index in [-0.39, 0.29) is 5.82 Å². The molecule has 0 spiro atoms. The van der Waals surface area contributed by atoms with Crippen LogP contribution in [0.25, 0.3) is 0 Å². The van der Waals surface area contributed by atoms with Crippen LogP contribution in [0.4, 0.5) is 4.39 Å². The molecular formula is C15H24FNO. The number of hydrogen-bond donors (Lipinski definition) is 1. The van der Waals surface area contributed by atoms with Gasteiger partial charge in [0.25, 0.3) is 0 Å². The average molecular weight is 253 g/mol. The highest BCUT2D eigenvalue weighted by Crippen LogP contribution is 2.18. The minimum atomic E-state index is -0.554. The van der Waals surface area contributed by atoms with Crippen LogP contribution in [-0.2, 0) is 0 Å². The number of aliphatic hydroxyl groups is 1. The lowest BCUT2D eigenvalue weighted by Gasteiger charge is -2.09. The van der Waals surface area contributed by atoms with Gasteiger partial charge in [-0.15, -0.1) is 0 Å². The normalized spacial score (nSPS) is 12.6. The number of aliphatic hydroxyl groups excluding tert-OH is 1. The number of pyridine rings is 1. The molecule has 1 N–H and O–H groups in total. The first-order valence-electron chi connectivity index (χ1n) is 7.03. The molecular weight excluding hydrogens is 229 g/mol. The largest absolute Gasteiger partial charge is 0.387 e. The zero-order valence-corrected chi connectivity index (χ0v) is 11.2. The maximum Gasteiger partial charge on any atom is 0.141 e. The summed E-state index contributed by atoms with van der Waals surface area (Å²) in [6.07, 6.45) is 9.92. The van der Waals surface area contributed by atoms with E-state index in [0.717, 1.165) is 19.0 Å². The van der Waals surface area contributed by atoms with Crippen molar-refractivity contribution in [2.75, 3.05) is 0 Å². The number of nitrogens with zero attached hydrogens (tertiary/aromatic N) is 1. The summed E-state index contributed by atoms with van der Waals surface area (Å²) in [5.41, 5.74) is 0.572. The fourth-order valence-electron chi connectivity index (χ4n) is 2.03. The Kier molecular flexibility index (Phi) is 7.58. The molecule has 102 valence electrons. The molecule has 0 saturated carbocycles. The van der Waals surface area contributed by atoms with Gasteiger partial charge in [-0.25, -0.2) is 4.39 Å². The van der Waals surface area contributed by atoms with E-state index in [1.54, 1.807) is 6.07 Å². The van der Waals surface area contributed by atoms with E-state index in [1.807, 2.05) is 0 Å². The summed E-state index contributed by atoms with van der Waals surface area (Å²) in [4.78, 5) is 3.89. The summed E-state index contributed by atoms with van der Waals surface area (Å²) in [6.45, 7) is 2.21. The Morgan fingerprint density at radius 3 is 2.39 bits per heavy atom. The molecule has 0 radical (unpaired) electrons. The summed E-state index contributed by atoms with van der Waals surface area (Å²) >= 11 is 0. The van der Waals surface area contributed by atoms with Gasteiger partial charge in [0.15, 0.2) is 0 Å². The lowest BCUT2D eigenvalue weighted by Crippen LogP contribution is -2.00. The van der Waals surface area contributed by atoms with Crippen LogP contribution in [0.1, 0.15) is 70.1 Å². The fraction of sp³-hybridized carbons (Fsp3) is 0.667. The summed E-state index contributed by atoms with van der Waals surface area (Å²) in [5.74, 6) is -0.359. The van der Waals surface area contributed by atoms with Crippen LogP contribution < -0.4 is 0 Å². The van der Waals surface area contributed by atoms with Crippen molar-refractivity contribution < 1.29 is 9.50 Å². The lowest BCUT2D eigenvalue weighted by atomic mass is 10.0. The van der Waals surface area contributed by atoms with E-state index in [4.69, 9.17) is 0 Å². The molecule has 0 bridgehead atoms. The molecule has 2 nitrogen and oxygen atoms in total. The van der Waals surface area contributed by atoms with E-state index >= 15 is 0 Å². The summed E-state index contributed by atoms with van der Waals surface area (Å²) in [6, 6.07) is 2.90. The van der Waals surface area contributed by atoms with E-state index in [9.17, 15) is 9.50 Å². The topological polar surface area (TPSA) is 33.1 Å². The predicted molar refractivity (Wildman–Crippen MR) is 71.8 cm³/mol. The molecule has 1 aromatic rings. The number of aromatic nitrogens is 1. The monoisotopic (exact) mass is 253 g/mol. The first-order chi connectivity index (χ1) is 8.74. The molecule has 0 saturated heterocycles. The molecule has 0 aliphatic rings. The standard InChI is InChI=1S/C15H24FNO/c1-2-3-4-5-6-7-8-9-15(18)14-11-10-13(16)12-17-14/h10-12,15,18H,2-9H2,1H3. The molecule has 0 aliphatic carbocycles. The molecule has 18 heavy (non-hydrogen) atoms. The Morgan fingerprint density at radius 1 is 1.11 bits per heavy atom. The zero-order chi connectivity index (χ0) is 13.2. The van der Waals surface area contributed by atoms with Crippen molar-refractivity contribution in [1.82, 2.24) is 4.98 Å². The van der Waals surface area contributed by atoms with Crippen LogP contribution in [0.15, 0.2) is 18.3 Å². The van der Waals surface area contributed by atoms with Crippen molar-refractivity contribution in [3.8, 4) is 0 Å². The van der Waals surface area contributed by atoms with Crippen LogP contribution in [0, 0.1) is 5.82 Å². The van der Waals surface area contributed by atoms with E-state index in [0.29, 0.717) is 12.1 Å². The van der Waals surface area contributed by atoms with Crippen molar-refractivity contribution in [2.45, 2.75) is 64.4 Å². The molecule has 3 heteroatoms. The Morgan fingerprint density at radius 2 is 1.78 bits per heavy atom. The third-order valence-corrected chi connectivity index (χ3v) is 3.17. The molecule has 0 aliphatic heterocycles. The summed E-state index contributed by atoms with van der Waals surface area (Å²) < 4.78 is 12.7. The summed E-state index contributed by atoms with van der Waals surface area (Å²) in [5, 5.41) is 9.87. The molecule has 0 amide bonds. The Balaban J connectivity index is 2.10. The number of rotatable bonds is 9. The van der Waals surface area contributed by atoms with Crippen LogP contribution in [0.2, 0.25) is 0 Å². The Bertz CT molecular complexity index is 313. The number of halogens is 1. The fourth-order valence-corrected chi connectivity index (χ4v) is 2.03. The first-order valence-corrected chi connectivity index (χ1v) is 7.03. The van der Waals surface area contributed by atoms with Crippen molar-refractivity contribution >= 4 is 0 Å². The second kappa shape index (κ2) is 9.03. The van der Waals surface area contributed by atoms with Crippen LogP contribution in [-0.4, -0.2) is 10.1 Å². The van der Waals surface area contributed by atoms with Gasteiger partial charge >= 0.3 is 0 Å². The number of unbranched alkanes of at least 4 members (excludes halogenated alkanes) is 6. The van der Waals surface area contributed by atoms with E-state index in [2.05, 4.69) is 11.9 Å². The quantitative estimate of drug-likeness (QED) is 0.662. The maximum absolute atomic E-state index is 12.7. The third-order valence-electron chi connectivity index (χ3n) is 3.17. The molecule has 1 aromatic heterocycles. The van der Waals surface area contributed by atoms with E-state index < -0.39 is 6.10 Å². The molecule has 1 unspecified atom stereocenters. The first kappa shape index (κ1) is 15.1. The molecule has 1 atom stereocenters. The van der Waals surface area contributed by atoms with E-state index in [1.165, 1.54) is 38.2 Å². The van der Waals surface area contributed by atoms with Gasteiger partial charge in [-0.1, -0.05) is 51.9 Å². The predicted octanol–water partition coefficient (Wildman–Crippen LogP) is 4.39. The zero-order valence-electron chi connectivity index (χ0n) is 11.2. The highest BCUT2D eigenvalue weighted by Gasteiger charge is 2.08. The second-order valence-corrected chi connectivity index (χ2v) is 4.83. The van der Waals surface area contributed by atoms with Crippen molar-refractivity contribution in [3.05, 3.63) is 29.8 Å². The van der Waals surface area contributed by atoms with Crippen molar-refractivity contribution in [2.24, 2.45) is 0 Å².